The minimum Gasteiger partial charge on any atom is -0.479 e. The summed E-state index contributed by atoms with van der Waals surface area (Å²) in [7, 11) is 0. The minimum absolute atomic E-state index is 0.00108. The van der Waals surface area contributed by atoms with E-state index in [1.54, 1.807) is 0 Å². The summed E-state index contributed by atoms with van der Waals surface area (Å²) in [6.07, 6.45) is 69.1. The largest absolute Gasteiger partial charge is 0.479 e. The van der Waals surface area contributed by atoms with Gasteiger partial charge in [-0.1, -0.05) is 204 Å². The van der Waals surface area contributed by atoms with Crippen LogP contribution in [-0.2, 0) is 42.9 Å². The molecule has 12 heteroatoms. The summed E-state index contributed by atoms with van der Waals surface area (Å²) in [6, 6.07) is 0. The first kappa shape index (κ1) is 73.1. The lowest BCUT2D eigenvalue weighted by Crippen LogP contribution is -2.61. The Labute approximate surface area is 487 Å². The summed E-state index contributed by atoms with van der Waals surface area (Å²) < 4.78 is 28.3. The molecule has 6 unspecified atom stereocenters. The Bertz CT molecular complexity index is 2060. The number of aliphatic carboxylic acids is 1. The van der Waals surface area contributed by atoms with Crippen molar-refractivity contribution in [2.75, 3.05) is 13.2 Å². The van der Waals surface area contributed by atoms with Crippen molar-refractivity contribution in [1.82, 2.24) is 0 Å². The Hall–Kier alpha value is -5.92. The van der Waals surface area contributed by atoms with Crippen molar-refractivity contribution in [3.05, 3.63) is 170 Å². The SMILES string of the molecule is CC/C=C\C/C=C\C/C=C\C/C=C\C/C=C\CCCCCC(=O)OCC(COC1OC(C(=O)O)C(O)C(O)C1OC(=O)CCCCC/C=C\C/C=C\C/C=C\C/C=C\C/C=C\CC)OC(=O)CC/C=C\C/C=C\C/C=C\C/C=C\CC. The highest BCUT2D eigenvalue weighted by Gasteiger charge is 2.50. The smallest absolute Gasteiger partial charge is 0.335 e. The van der Waals surface area contributed by atoms with Crippen LogP contribution in [0.3, 0.4) is 0 Å². The molecule has 3 N–H and O–H groups in total. The standard InChI is InChI=1S/C69H102O12/c1-4-7-10-13-16-19-22-25-27-29-31-33-35-38-40-43-46-49-52-55-61(70)77-58-60(79-62(71)56-53-50-47-44-41-37-24-21-18-15-12-9-6-3)59-78-69-67(65(74)64(73)66(81-69)68(75)76)80-63(72)57-54-51-48-45-42-39-36-34-32-30-28-26-23-20-17-14-11-8-5-2/h7-12,16-21,25-28,31-34,37-42,47,50,60,64-67,69,73-74H,4-6,13-15,22-24,29-30,35-36,43-46,48-49,51-59H2,1-3H3,(H,75,76)/b10-7-,11-8-,12-9-,19-16-,20-17-,21-18-,27-25-,28-26-,33-31-,34-32-,40-38-,41-37-,42-39-,50-47-. The fourth-order valence-electron chi connectivity index (χ4n) is 7.78. The van der Waals surface area contributed by atoms with Gasteiger partial charge in [-0.25, -0.2) is 4.79 Å². The Morgan fingerprint density at radius 2 is 0.765 bits per heavy atom. The Morgan fingerprint density at radius 1 is 0.407 bits per heavy atom. The monoisotopic (exact) mass is 1120 g/mol. The lowest BCUT2D eigenvalue weighted by Gasteiger charge is -2.40. The van der Waals surface area contributed by atoms with Crippen LogP contribution in [0.25, 0.3) is 0 Å². The van der Waals surface area contributed by atoms with E-state index in [4.69, 9.17) is 23.7 Å². The van der Waals surface area contributed by atoms with Gasteiger partial charge in [0.1, 0.15) is 18.8 Å². The number of esters is 3. The number of hydrogen-bond donors (Lipinski definition) is 3. The van der Waals surface area contributed by atoms with Crippen LogP contribution in [0.5, 0.6) is 0 Å². The molecule has 81 heavy (non-hydrogen) atoms. The molecule has 0 aromatic heterocycles. The highest BCUT2D eigenvalue weighted by molar-refractivity contribution is 5.74. The first-order valence-corrected chi connectivity index (χ1v) is 30.1. The van der Waals surface area contributed by atoms with Crippen molar-refractivity contribution in [3.63, 3.8) is 0 Å². The second-order valence-electron chi connectivity index (χ2n) is 19.5. The zero-order valence-corrected chi connectivity index (χ0v) is 49.4. The van der Waals surface area contributed by atoms with Gasteiger partial charge in [-0.3, -0.25) is 14.4 Å². The van der Waals surface area contributed by atoms with E-state index in [1.807, 2.05) is 18.2 Å². The van der Waals surface area contributed by atoms with Crippen molar-refractivity contribution in [2.24, 2.45) is 0 Å². The zero-order chi connectivity index (χ0) is 58.9. The molecule has 1 rings (SSSR count). The molecule has 450 valence electrons. The number of allylic oxidation sites excluding steroid dienone is 28. The number of carboxylic acids is 1. The van der Waals surface area contributed by atoms with Crippen LogP contribution < -0.4 is 0 Å². The molecule has 0 amide bonds. The van der Waals surface area contributed by atoms with Crippen LogP contribution in [0.4, 0.5) is 0 Å². The number of rotatable bonds is 48. The zero-order valence-electron chi connectivity index (χ0n) is 49.4. The summed E-state index contributed by atoms with van der Waals surface area (Å²) in [6.45, 7) is 5.52. The maximum absolute atomic E-state index is 13.1. The van der Waals surface area contributed by atoms with E-state index in [-0.39, 0.29) is 25.9 Å². The van der Waals surface area contributed by atoms with E-state index < -0.39 is 67.3 Å². The van der Waals surface area contributed by atoms with Crippen LogP contribution in [0.2, 0.25) is 0 Å². The summed E-state index contributed by atoms with van der Waals surface area (Å²) in [5.41, 5.74) is 0. The van der Waals surface area contributed by atoms with Crippen molar-refractivity contribution in [3.8, 4) is 0 Å². The van der Waals surface area contributed by atoms with Crippen molar-refractivity contribution >= 4 is 23.9 Å². The second kappa shape index (κ2) is 54.7. The summed E-state index contributed by atoms with van der Waals surface area (Å²) in [5, 5.41) is 31.5. The molecule has 1 aliphatic rings. The van der Waals surface area contributed by atoms with Crippen molar-refractivity contribution in [2.45, 2.75) is 225 Å². The van der Waals surface area contributed by atoms with Gasteiger partial charge in [-0.2, -0.15) is 0 Å². The molecule has 0 saturated carbocycles. The van der Waals surface area contributed by atoms with Crippen molar-refractivity contribution < 1.29 is 58.2 Å². The third-order valence-electron chi connectivity index (χ3n) is 12.3. The molecule has 1 saturated heterocycles. The molecule has 1 fully saturated rings. The van der Waals surface area contributed by atoms with Gasteiger partial charge in [0.25, 0.3) is 0 Å². The van der Waals surface area contributed by atoms with Crippen molar-refractivity contribution in [1.29, 1.82) is 0 Å². The number of aliphatic hydroxyl groups is 2. The van der Waals surface area contributed by atoms with Crippen LogP contribution in [0.1, 0.15) is 188 Å². The van der Waals surface area contributed by atoms with Gasteiger partial charge in [-0.15, -0.1) is 0 Å². The normalized spacial score (nSPS) is 19.0. The number of carbonyl (C=O) groups is 4. The van der Waals surface area contributed by atoms with Gasteiger partial charge in [-0.05, 0) is 135 Å². The van der Waals surface area contributed by atoms with E-state index in [0.717, 1.165) is 122 Å². The van der Waals surface area contributed by atoms with Gasteiger partial charge in [0, 0.05) is 19.3 Å². The van der Waals surface area contributed by atoms with Gasteiger partial charge in [0.2, 0.25) is 0 Å². The number of unbranched alkanes of at least 4 members (excludes halogenated alkanes) is 6. The molecule has 12 nitrogen and oxygen atoms in total. The molecular weight excluding hydrogens is 1020 g/mol. The molecule has 0 aromatic rings. The maximum atomic E-state index is 13.1. The molecule has 6 atom stereocenters. The van der Waals surface area contributed by atoms with Crippen LogP contribution in [0.15, 0.2) is 170 Å². The number of hydrogen-bond acceptors (Lipinski definition) is 11. The third-order valence-corrected chi connectivity index (χ3v) is 12.3. The Kier molecular flexibility index (Phi) is 49.3. The van der Waals surface area contributed by atoms with E-state index in [0.29, 0.717) is 25.7 Å². The number of ether oxygens (including phenoxy) is 5. The molecule has 0 aromatic carbocycles. The predicted molar refractivity (Wildman–Crippen MR) is 330 cm³/mol. The Balaban J connectivity index is 2.76. The fraction of sp³-hybridized carbons (Fsp3) is 0.536. The molecule has 1 aliphatic heterocycles. The molecule has 0 radical (unpaired) electrons. The number of carbonyl (C=O) groups excluding carboxylic acids is 3. The number of carboxylic acid groups (broad SMARTS) is 1. The average Bonchev–Trinajstić information content (AvgIpc) is 3.45. The lowest BCUT2D eigenvalue weighted by molar-refractivity contribution is -0.301. The van der Waals surface area contributed by atoms with E-state index in [9.17, 15) is 34.5 Å². The molecule has 0 aliphatic carbocycles. The topological polar surface area (TPSA) is 175 Å². The van der Waals surface area contributed by atoms with E-state index in [1.165, 1.54) is 0 Å². The summed E-state index contributed by atoms with van der Waals surface area (Å²) in [5.74, 6) is -3.35. The maximum Gasteiger partial charge on any atom is 0.335 e. The van der Waals surface area contributed by atoms with Gasteiger partial charge >= 0.3 is 23.9 Å². The van der Waals surface area contributed by atoms with E-state index in [2.05, 4.69) is 173 Å². The van der Waals surface area contributed by atoms with Gasteiger partial charge in [0.15, 0.2) is 24.6 Å². The van der Waals surface area contributed by atoms with Gasteiger partial charge < -0.3 is 39.0 Å². The molecule has 0 bridgehead atoms. The summed E-state index contributed by atoms with van der Waals surface area (Å²) in [4.78, 5) is 51.1. The number of aliphatic hydroxyl groups excluding tert-OH is 2. The second-order valence-corrected chi connectivity index (χ2v) is 19.5. The molecular formula is C69H102O12. The quantitative estimate of drug-likeness (QED) is 0.0228. The fourth-order valence-corrected chi connectivity index (χ4v) is 7.78. The van der Waals surface area contributed by atoms with Crippen LogP contribution in [0, 0.1) is 0 Å². The highest BCUT2D eigenvalue weighted by atomic mass is 16.7. The lowest BCUT2D eigenvalue weighted by atomic mass is 9.98. The first-order chi connectivity index (χ1) is 39.6. The van der Waals surface area contributed by atoms with Gasteiger partial charge in [0.05, 0.1) is 6.61 Å². The minimum atomic E-state index is -1.94. The summed E-state index contributed by atoms with van der Waals surface area (Å²) >= 11 is 0. The molecule has 0 spiro atoms. The third kappa shape index (κ3) is 44.4. The first-order valence-electron chi connectivity index (χ1n) is 30.1. The highest BCUT2D eigenvalue weighted by Crippen LogP contribution is 2.26. The van der Waals surface area contributed by atoms with E-state index >= 15 is 0 Å². The average molecular weight is 1120 g/mol. The Morgan fingerprint density at radius 3 is 1.15 bits per heavy atom. The van der Waals surface area contributed by atoms with Crippen LogP contribution >= 0.6 is 0 Å². The predicted octanol–water partition coefficient (Wildman–Crippen LogP) is 15.9. The van der Waals surface area contributed by atoms with Crippen LogP contribution in [-0.4, -0.2) is 89.2 Å². The molecule has 1 heterocycles.